The van der Waals surface area contributed by atoms with E-state index in [0.29, 0.717) is 12.1 Å². The average molecular weight is 204 g/mol. The number of nitrogens with two attached hydrogens (primary N) is 1. The summed E-state index contributed by atoms with van der Waals surface area (Å²) in [6.45, 7) is 1.09. The van der Waals surface area contributed by atoms with Crippen molar-refractivity contribution in [3.63, 3.8) is 0 Å². The first-order valence-corrected chi connectivity index (χ1v) is 5.49. The lowest BCUT2D eigenvalue weighted by molar-refractivity contribution is 0.409. The third-order valence-corrected chi connectivity index (χ3v) is 3.65. The van der Waals surface area contributed by atoms with Gasteiger partial charge in [-0.25, -0.2) is 0 Å². The first-order chi connectivity index (χ1) is 7.31. The Morgan fingerprint density at radius 3 is 3.13 bits per heavy atom. The van der Waals surface area contributed by atoms with E-state index in [9.17, 15) is 0 Å². The highest BCUT2D eigenvalue weighted by Gasteiger charge is 2.39. The molecule has 80 valence electrons. The summed E-state index contributed by atoms with van der Waals surface area (Å²) in [4.78, 5) is 2.43. The molecule has 2 aliphatic rings. The van der Waals surface area contributed by atoms with Gasteiger partial charge < -0.3 is 15.4 Å². The van der Waals surface area contributed by atoms with Crippen molar-refractivity contribution in [3.05, 3.63) is 23.8 Å². The molecule has 0 saturated carbocycles. The van der Waals surface area contributed by atoms with E-state index in [0.717, 1.165) is 25.1 Å². The number of hydrogen-bond donors (Lipinski definition) is 1. The first-order valence-electron chi connectivity index (χ1n) is 5.49. The standard InChI is InChI=1S/C12H16N2O/c1-15-12-4-2-3-10-8(12)7-11-9(13)5-6-14(10)11/h2-4,9,11H,5-7,13H2,1H3. The molecule has 3 heteroatoms. The van der Waals surface area contributed by atoms with E-state index < -0.39 is 0 Å². The van der Waals surface area contributed by atoms with Crippen molar-refractivity contribution in [1.82, 2.24) is 0 Å². The Morgan fingerprint density at radius 2 is 2.33 bits per heavy atom. The third kappa shape index (κ3) is 1.16. The van der Waals surface area contributed by atoms with Crippen LogP contribution < -0.4 is 15.4 Å². The monoisotopic (exact) mass is 204 g/mol. The molecule has 1 aromatic carbocycles. The SMILES string of the molecule is COc1cccc2c1CC1C(N)CCN21. The van der Waals surface area contributed by atoms with E-state index >= 15 is 0 Å². The summed E-state index contributed by atoms with van der Waals surface area (Å²) in [6.07, 6.45) is 2.15. The van der Waals surface area contributed by atoms with Crippen LogP contribution in [0, 0.1) is 0 Å². The van der Waals surface area contributed by atoms with Gasteiger partial charge in [0.2, 0.25) is 0 Å². The van der Waals surface area contributed by atoms with Crippen LogP contribution in [0.3, 0.4) is 0 Å². The molecule has 3 nitrogen and oxygen atoms in total. The van der Waals surface area contributed by atoms with Crippen LogP contribution in [0.1, 0.15) is 12.0 Å². The normalized spacial score (nSPS) is 27.7. The summed E-state index contributed by atoms with van der Waals surface area (Å²) in [7, 11) is 1.74. The van der Waals surface area contributed by atoms with Crippen molar-refractivity contribution < 1.29 is 4.74 Å². The fraction of sp³-hybridized carbons (Fsp3) is 0.500. The Labute approximate surface area is 89.8 Å². The number of anilines is 1. The predicted molar refractivity (Wildman–Crippen MR) is 60.4 cm³/mol. The van der Waals surface area contributed by atoms with Crippen molar-refractivity contribution in [2.45, 2.75) is 24.9 Å². The van der Waals surface area contributed by atoms with Gasteiger partial charge in [-0.2, -0.15) is 0 Å². The number of hydrogen-bond acceptors (Lipinski definition) is 3. The fourth-order valence-electron chi connectivity index (χ4n) is 2.87. The number of rotatable bonds is 1. The van der Waals surface area contributed by atoms with E-state index in [4.69, 9.17) is 10.5 Å². The maximum absolute atomic E-state index is 6.11. The zero-order chi connectivity index (χ0) is 10.4. The summed E-state index contributed by atoms with van der Waals surface area (Å²) >= 11 is 0. The van der Waals surface area contributed by atoms with Gasteiger partial charge in [0.1, 0.15) is 5.75 Å². The second-order valence-corrected chi connectivity index (χ2v) is 4.38. The van der Waals surface area contributed by atoms with Gasteiger partial charge in [-0.05, 0) is 25.0 Å². The van der Waals surface area contributed by atoms with Crippen molar-refractivity contribution in [2.24, 2.45) is 5.73 Å². The topological polar surface area (TPSA) is 38.5 Å². The molecule has 0 amide bonds. The van der Waals surface area contributed by atoms with Gasteiger partial charge in [-0.3, -0.25) is 0 Å². The largest absolute Gasteiger partial charge is 0.496 e. The van der Waals surface area contributed by atoms with Crippen LogP contribution in [0.4, 0.5) is 5.69 Å². The average Bonchev–Trinajstić information content (AvgIpc) is 2.79. The molecule has 1 fully saturated rings. The maximum atomic E-state index is 6.11. The second kappa shape index (κ2) is 3.14. The predicted octanol–water partition coefficient (Wildman–Crippen LogP) is 1.16. The molecular formula is C12H16N2O. The minimum Gasteiger partial charge on any atom is -0.496 e. The van der Waals surface area contributed by atoms with Crippen LogP contribution in [0.5, 0.6) is 5.75 Å². The van der Waals surface area contributed by atoms with E-state index in [1.54, 1.807) is 7.11 Å². The molecule has 0 aromatic heterocycles. The van der Waals surface area contributed by atoms with Gasteiger partial charge in [0.05, 0.1) is 7.11 Å². The Kier molecular flexibility index (Phi) is 1.89. The molecule has 1 saturated heterocycles. The van der Waals surface area contributed by atoms with Crippen LogP contribution in [0.15, 0.2) is 18.2 Å². The Balaban J connectivity index is 2.05. The zero-order valence-electron chi connectivity index (χ0n) is 8.94. The highest BCUT2D eigenvalue weighted by molar-refractivity contribution is 5.65. The van der Waals surface area contributed by atoms with Gasteiger partial charge in [0.15, 0.2) is 0 Å². The lowest BCUT2D eigenvalue weighted by Gasteiger charge is -2.20. The van der Waals surface area contributed by atoms with Gasteiger partial charge in [0.25, 0.3) is 0 Å². The molecule has 2 atom stereocenters. The number of nitrogens with zero attached hydrogens (tertiary/aromatic N) is 1. The molecule has 3 rings (SSSR count). The van der Waals surface area contributed by atoms with Crippen LogP contribution in [-0.2, 0) is 6.42 Å². The molecule has 15 heavy (non-hydrogen) atoms. The molecule has 2 unspecified atom stereocenters. The summed E-state index contributed by atoms with van der Waals surface area (Å²) in [6, 6.07) is 7.09. The molecule has 2 N–H and O–H groups in total. The van der Waals surface area contributed by atoms with E-state index in [1.165, 1.54) is 11.3 Å². The van der Waals surface area contributed by atoms with Crippen LogP contribution in [-0.4, -0.2) is 25.7 Å². The molecule has 2 heterocycles. The van der Waals surface area contributed by atoms with E-state index in [1.807, 2.05) is 6.07 Å². The third-order valence-electron chi connectivity index (χ3n) is 3.65. The van der Waals surface area contributed by atoms with Crippen LogP contribution >= 0.6 is 0 Å². The zero-order valence-corrected chi connectivity index (χ0v) is 8.94. The molecule has 2 aliphatic heterocycles. The first kappa shape index (κ1) is 9.04. The highest BCUT2D eigenvalue weighted by atomic mass is 16.5. The minimum atomic E-state index is 0.321. The number of methoxy groups -OCH3 is 1. The van der Waals surface area contributed by atoms with Gasteiger partial charge in [-0.15, -0.1) is 0 Å². The highest BCUT2D eigenvalue weighted by Crippen LogP contribution is 2.41. The number of benzene rings is 1. The summed E-state index contributed by atoms with van der Waals surface area (Å²) in [5.74, 6) is 1.01. The quantitative estimate of drug-likeness (QED) is 0.746. The van der Waals surface area contributed by atoms with E-state index in [-0.39, 0.29) is 0 Å². The lowest BCUT2D eigenvalue weighted by Crippen LogP contribution is -2.36. The smallest absolute Gasteiger partial charge is 0.124 e. The summed E-state index contributed by atoms with van der Waals surface area (Å²) in [5.41, 5.74) is 8.77. The molecule has 0 radical (unpaired) electrons. The van der Waals surface area contributed by atoms with Crippen molar-refractivity contribution in [3.8, 4) is 5.75 Å². The summed E-state index contributed by atoms with van der Waals surface area (Å²) < 4.78 is 5.39. The van der Waals surface area contributed by atoms with E-state index in [2.05, 4.69) is 17.0 Å². The van der Waals surface area contributed by atoms with Crippen LogP contribution in [0.25, 0.3) is 0 Å². The summed E-state index contributed by atoms with van der Waals surface area (Å²) in [5, 5.41) is 0. The molecule has 0 bridgehead atoms. The second-order valence-electron chi connectivity index (χ2n) is 4.38. The number of fused-ring (bicyclic) bond motifs is 3. The van der Waals surface area contributed by atoms with Crippen molar-refractivity contribution >= 4 is 5.69 Å². The molecule has 0 aliphatic carbocycles. The van der Waals surface area contributed by atoms with Crippen molar-refractivity contribution in [1.29, 1.82) is 0 Å². The molecular weight excluding hydrogens is 188 g/mol. The Bertz CT molecular complexity index is 391. The van der Waals surface area contributed by atoms with Gasteiger partial charge >= 0.3 is 0 Å². The van der Waals surface area contributed by atoms with Crippen LogP contribution in [0.2, 0.25) is 0 Å². The maximum Gasteiger partial charge on any atom is 0.124 e. The Morgan fingerprint density at radius 1 is 1.47 bits per heavy atom. The Hall–Kier alpha value is -1.22. The molecule has 1 aromatic rings. The fourth-order valence-corrected chi connectivity index (χ4v) is 2.87. The van der Waals surface area contributed by atoms with Gasteiger partial charge in [-0.1, -0.05) is 6.07 Å². The minimum absolute atomic E-state index is 0.321. The number of ether oxygens (including phenoxy) is 1. The molecule has 0 spiro atoms. The van der Waals surface area contributed by atoms with Gasteiger partial charge in [0, 0.05) is 29.9 Å². The lowest BCUT2D eigenvalue weighted by atomic mass is 10.0. The van der Waals surface area contributed by atoms with Crippen molar-refractivity contribution in [2.75, 3.05) is 18.6 Å².